The smallest absolute Gasteiger partial charge is 0.311 e. The Hall–Kier alpha value is -3.22. The molecular formula is C18H18O7. The highest BCUT2D eigenvalue weighted by atomic mass is 16.5. The summed E-state index contributed by atoms with van der Waals surface area (Å²) in [6.45, 7) is 0. The maximum absolute atomic E-state index is 12.0. The summed E-state index contributed by atoms with van der Waals surface area (Å²) < 4.78 is 5.23. The van der Waals surface area contributed by atoms with Gasteiger partial charge in [-0.25, -0.2) is 0 Å². The summed E-state index contributed by atoms with van der Waals surface area (Å²) in [5.41, 5.74) is 1.16. The number of phenolic OH excluding ortho intramolecular Hbond substituents is 3. The lowest BCUT2D eigenvalue weighted by atomic mass is 10.1. The van der Waals surface area contributed by atoms with E-state index in [1.165, 1.54) is 30.3 Å². The zero-order valence-corrected chi connectivity index (χ0v) is 13.3. The Bertz CT molecular complexity index is 783. The van der Waals surface area contributed by atoms with Gasteiger partial charge in [0.25, 0.3) is 0 Å². The monoisotopic (exact) mass is 346 g/mol. The Morgan fingerprint density at radius 1 is 0.880 bits per heavy atom. The van der Waals surface area contributed by atoms with Crippen LogP contribution in [0.5, 0.6) is 23.0 Å². The Kier molecular flexibility index (Phi) is 5.84. The average Bonchev–Trinajstić information content (AvgIpc) is 2.55. The molecule has 132 valence electrons. The lowest BCUT2D eigenvalue weighted by Crippen LogP contribution is -2.11. The number of carboxylic acid groups (broad SMARTS) is 1. The van der Waals surface area contributed by atoms with Crippen molar-refractivity contribution in [2.75, 3.05) is 0 Å². The van der Waals surface area contributed by atoms with Crippen LogP contribution in [-0.4, -0.2) is 32.4 Å². The van der Waals surface area contributed by atoms with E-state index in [-0.39, 0.29) is 48.7 Å². The topological polar surface area (TPSA) is 124 Å². The second-order valence-corrected chi connectivity index (χ2v) is 5.48. The highest BCUT2D eigenvalue weighted by Gasteiger charge is 2.12. The van der Waals surface area contributed by atoms with E-state index in [0.717, 1.165) is 0 Å². The Morgan fingerprint density at radius 3 is 2.32 bits per heavy atom. The lowest BCUT2D eigenvalue weighted by molar-refractivity contribution is -0.137. The molecule has 0 unspecified atom stereocenters. The first-order valence-corrected chi connectivity index (χ1v) is 7.60. The van der Waals surface area contributed by atoms with E-state index in [1.54, 1.807) is 6.07 Å². The number of benzene rings is 2. The number of aromatic hydroxyl groups is 3. The highest BCUT2D eigenvalue weighted by molar-refractivity contribution is 5.73. The summed E-state index contributed by atoms with van der Waals surface area (Å²) >= 11 is 0. The van der Waals surface area contributed by atoms with Crippen LogP contribution in [0.15, 0.2) is 36.4 Å². The third kappa shape index (κ3) is 5.42. The maximum atomic E-state index is 12.0. The molecule has 2 aromatic rings. The Labute approximate surface area is 143 Å². The van der Waals surface area contributed by atoms with E-state index in [2.05, 4.69) is 0 Å². The number of hydrogen-bond acceptors (Lipinski definition) is 6. The molecule has 0 aromatic heterocycles. The first-order valence-electron chi connectivity index (χ1n) is 7.60. The van der Waals surface area contributed by atoms with Crippen molar-refractivity contribution in [3.8, 4) is 23.0 Å². The van der Waals surface area contributed by atoms with Crippen molar-refractivity contribution in [3.63, 3.8) is 0 Å². The quantitative estimate of drug-likeness (QED) is 0.344. The van der Waals surface area contributed by atoms with Crippen molar-refractivity contribution < 1.29 is 34.8 Å². The zero-order valence-electron chi connectivity index (χ0n) is 13.3. The molecule has 0 bridgehead atoms. The van der Waals surface area contributed by atoms with Crippen LogP contribution in [-0.2, 0) is 22.4 Å². The van der Waals surface area contributed by atoms with Gasteiger partial charge < -0.3 is 25.2 Å². The molecule has 4 N–H and O–H groups in total. The number of rotatable bonds is 7. The minimum absolute atomic E-state index is 0.0121. The number of carbonyl (C=O) groups is 2. The maximum Gasteiger partial charge on any atom is 0.311 e. The molecule has 0 aliphatic rings. The standard InChI is InChI=1S/C18H18O7/c19-13-5-3-12(4-7-17(22)23)16(10-13)25-18(24)8-2-11-1-6-14(20)15(21)9-11/h1,3,5-6,9-10,19-21H,2,4,7-8H2,(H,22,23). The van der Waals surface area contributed by atoms with Crippen molar-refractivity contribution in [1.82, 2.24) is 0 Å². The number of carbonyl (C=O) groups excluding carboxylic acids is 1. The molecule has 0 heterocycles. The predicted octanol–water partition coefficient (Wildman–Crippen LogP) is 2.36. The van der Waals surface area contributed by atoms with Gasteiger partial charge in [-0.05, 0) is 42.2 Å². The second kappa shape index (κ2) is 8.05. The average molecular weight is 346 g/mol. The van der Waals surface area contributed by atoms with Crippen molar-refractivity contribution in [2.45, 2.75) is 25.7 Å². The molecule has 0 atom stereocenters. The van der Waals surface area contributed by atoms with E-state index >= 15 is 0 Å². The van der Waals surface area contributed by atoms with E-state index < -0.39 is 11.9 Å². The van der Waals surface area contributed by atoms with Crippen LogP contribution in [0, 0.1) is 0 Å². The van der Waals surface area contributed by atoms with Crippen LogP contribution < -0.4 is 4.74 Å². The summed E-state index contributed by atoms with van der Waals surface area (Å²) in [4.78, 5) is 22.7. The molecule has 2 aromatic carbocycles. The van der Waals surface area contributed by atoms with Crippen molar-refractivity contribution in [3.05, 3.63) is 47.5 Å². The number of carboxylic acids is 1. The molecule has 0 spiro atoms. The number of phenols is 3. The molecule has 0 fully saturated rings. The molecule has 0 radical (unpaired) electrons. The third-order valence-corrected chi connectivity index (χ3v) is 3.54. The second-order valence-electron chi connectivity index (χ2n) is 5.48. The zero-order chi connectivity index (χ0) is 18.4. The predicted molar refractivity (Wildman–Crippen MR) is 87.8 cm³/mol. The summed E-state index contributed by atoms with van der Waals surface area (Å²) in [6.07, 6.45) is 0.348. The molecule has 0 aliphatic carbocycles. The molecule has 0 saturated carbocycles. The molecule has 2 rings (SSSR count). The molecule has 0 aliphatic heterocycles. The van der Waals surface area contributed by atoms with Crippen molar-refractivity contribution >= 4 is 11.9 Å². The first kappa shape index (κ1) is 18.1. The Morgan fingerprint density at radius 2 is 1.64 bits per heavy atom. The minimum Gasteiger partial charge on any atom is -0.508 e. The largest absolute Gasteiger partial charge is 0.508 e. The van der Waals surface area contributed by atoms with Crippen LogP contribution in [0.1, 0.15) is 24.0 Å². The number of aryl methyl sites for hydroxylation is 2. The van der Waals surface area contributed by atoms with Crippen LogP contribution in [0.4, 0.5) is 0 Å². The molecular weight excluding hydrogens is 328 g/mol. The first-order chi connectivity index (χ1) is 11.8. The van der Waals surface area contributed by atoms with E-state index in [0.29, 0.717) is 11.1 Å². The van der Waals surface area contributed by atoms with Crippen molar-refractivity contribution in [2.24, 2.45) is 0 Å². The summed E-state index contributed by atoms with van der Waals surface area (Å²) in [6, 6.07) is 8.44. The lowest BCUT2D eigenvalue weighted by Gasteiger charge is -2.10. The molecule has 25 heavy (non-hydrogen) atoms. The summed E-state index contributed by atoms with van der Waals surface area (Å²) in [5.74, 6) is -2.01. The van der Waals surface area contributed by atoms with E-state index in [9.17, 15) is 24.9 Å². The fourth-order valence-corrected chi connectivity index (χ4v) is 2.23. The fourth-order valence-electron chi connectivity index (χ4n) is 2.23. The van der Waals surface area contributed by atoms with Crippen molar-refractivity contribution in [1.29, 1.82) is 0 Å². The van der Waals surface area contributed by atoms with Gasteiger partial charge in [0.05, 0.1) is 0 Å². The van der Waals surface area contributed by atoms with Gasteiger partial charge in [-0.2, -0.15) is 0 Å². The number of aliphatic carboxylic acids is 1. The summed E-state index contributed by atoms with van der Waals surface area (Å²) in [5, 5.41) is 37.0. The normalized spacial score (nSPS) is 10.4. The molecule has 0 saturated heterocycles. The van der Waals surface area contributed by atoms with Crippen LogP contribution in [0.25, 0.3) is 0 Å². The number of hydrogen-bond donors (Lipinski definition) is 4. The SMILES string of the molecule is O=C(O)CCc1ccc(O)cc1OC(=O)CCc1ccc(O)c(O)c1. The van der Waals surface area contributed by atoms with Gasteiger partial charge in [-0.1, -0.05) is 12.1 Å². The van der Waals surface area contributed by atoms with Crippen LogP contribution in [0.2, 0.25) is 0 Å². The van der Waals surface area contributed by atoms with E-state index in [1.807, 2.05) is 0 Å². The molecule has 0 amide bonds. The number of esters is 1. The van der Waals surface area contributed by atoms with Crippen LogP contribution in [0.3, 0.4) is 0 Å². The van der Waals surface area contributed by atoms with Gasteiger partial charge in [-0.3, -0.25) is 9.59 Å². The minimum atomic E-state index is -0.975. The third-order valence-electron chi connectivity index (χ3n) is 3.54. The van der Waals surface area contributed by atoms with Gasteiger partial charge in [-0.15, -0.1) is 0 Å². The van der Waals surface area contributed by atoms with Gasteiger partial charge >= 0.3 is 11.9 Å². The van der Waals surface area contributed by atoms with Gasteiger partial charge in [0.1, 0.15) is 11.5 Å². The molecule has 7 heteroatoms. The van der Waals surface area contributed by atoms with Gasteiger partial charge in [0, 0.05) is 18.9 Å². The Balaban J connectivity index is 2.00. The van der Waals surface area contributed by atoms with Gasteiger partial charge in [0.2, 0.25) is 0 Å². The van der Waals surface area contributed by atoms with Crippen LogP contribution >= 0.6 is 0 Å². The number of ether oxygens (including phenoxy) is 1. The molecule has 7 nitrogen and oxygen atoms in total. The fraction of sp³-hybridized carbons (Fsp3) is 0.222. The van der Waals surface area contributed by atoms with E-state index in [4.69, 9.17) is 9.84 Å². The highest BCUT2D eigenvalue weighted by Crippen LogP contribution is 2.27. The van der Waals surface area contributed by atoms with Gasteiger partial charge in [0.15, 0.2) is 11.5 Å². The summed E-state index contributed by atoms with van der Waals surface area (Å²) in [7, 11) is 0.